The van der Waals surface area contributed by atoms with Gasteiger partial charge in [0.05, 0.1) is 0 Å². The molecule has 0 saturated carbocycles. The first kappa shape index (κ1) is 12.0. The van der Waals surface area contributed by atoms with Gasteiger partial charge in [-0.15, -0.1) is 0 Å². The molecule has 0 bridgehead atoms. The molecule has 0 saturated heterocycles. The van der Waals surface area contributed by atoms with Gasteiger partial charge in [0.2, 0.25) is 0 Å². The Bertz CT molecular complexity index is 906. The van der Waals surface area contributed by atoms with E-state index in [4.69, 9.17) is 5.73 Å². The first-order valence-electron chi connectivity index (χ1n) is 6.42. The van der Waals surface area contributed by atoms with Gasteiger partial charge >= 0.3 is 0 Å². The van der Waals surface area contributed by atoms with Crippen LogP contribution < -0.4 is 5.73 Å². The van der Waals surface area contributed by atoms with Crippen LogP contribution in [0.25, 0.3) is 27.0 Å². The number of aromatic nitrogens is 4. The van der Waals surface area contributed by atoms with E-state index in [1.807, 2.05) is 18.2 Å². The van der Waals surface area contributed by atoms with Gasteiger partial charge in [0.1, 0.15) is 23.3 Å². The molecule has 0 aliphatic rings. The molecule has 6 heteroatoms. The molecule has 2 heterocycles. The van der Waals surface area contributed by atoms with Crippen molar-refractivity contribution in [3.8, 4) is 16.3 Å². The fraction of sp³-hybridized carbons (Fsp3) is 0. The molecule has 0 atom stereocenters. The normalized spacial score (nSPS) is 11.0. The van der Waals surface area contributed by atoms with Crippen molar-refractivity contribution in [2.24, 2.45) is 0 Å². The molecule has 0 spiro atoms. The fourth-order valence-corrected chi connectivity index (χ4v) is 3.18. The van der Waals surface area contributed by atoms with Crippen molar-refractivity contribution in [3.63, 3.8) is 0 Å². The van der Waals surface area contributed by atoms with Crippen molar-refractivity contribution in [1.29, 1.82) is 0 Å². The maximum Gasteiger partial charge on any atom is 0.182 e. The summed E-state index contributed by atoms with van der Waals surface area (Å²) in [4.78, 5) is 8.49. The lowest BCUT2D eigenvalue weighted by molar-refractivity contribution is 0.895. The van der Waals surface area contributed by atoms with Gasteiger partial charge in [0, 0.05) is 5.56 Å². The molecule has 0 amide bonds. The van der Waals surface area contributed by atoms with Crippen LogP contribution in [-0.4, -0.2) is 19.7 Å². The van der Waals surface area contributed by atoms with Crippen LogP contribution in [0.4, 0.5) is 5.13 Å². The summed E-state index contributed by atoms with van der Waals surface area (Å²) in [5, 5.41) is 7.90. The second-order valence-corrected chi connectivity index (χ2v) is 5.58. The van der Waals surface area contributed by atoms with Gasteiger partial charge in [0.15, 0.2) is 5.13 Å². The lowest BCUT2D eigenvalue weighted by Gasteiger charge is -2.06. The molecule has 0 aliphatic heterocycles. The summed E-state index contributed by atoms with van der Waals surface area (Å²) in [7, 11) is 0. The predicted octanol–water partition coefficient (Wildman–Crippen LogP) is 3.13. The van der Waals surface area contributed by atoms with Gasteiger partial charge in [-0.3, -0.25) is 0 Å². The van der Waals surface area contributed by atoms with Crippen LogP contribution in [0, 0.1) is 0 Å². The third-order valence-corrected chi connectivity index (χ3v) is 4.17. The van der Waals surface area contributed by atoms with E-state index in [1.165, 1.54) is 23.1 Å². The number of nitrogens with two attached hydrogens (primary N) is 1. The van der Waals surface area contributed by atoms with E-state index in [0.29, 0.717) is 5.13 Å². The molecule has 4 aromatic rings. The third-order valence-electron chi connectivity index (χ3n) is 3.30. The molecule has 5 nitrogen and oxygen atoms in total. The fourth-order valence-electron chi connectivity index (χ4n) is 2.40. The summed E-state index contributed by atoms with van der Waals surface area (Å²) < 4.78 is 1.70. The van der Waals surface area contributed by atoms with Crippen molar-refractivity contribution in [2.45, 2.75) is 0 Å². The van der Waals surface area contributed by atoms with Crippen molar-refractivity contribution in [1.82, 2.24) is 19.7 Å². The smallest absolute Gasteiger partial charge is 0.182 e. The predicted molar refractivity (Wildman–Crippen MR) is 84.4 cm³/mol. The number of benzene rings is 2. The van der Waals surface area contributed by atoms with Crippen molar-refractivity contribution >= 4 is 27.2 Å². The minimum absolute atomic E-state index is 0.517. The zero-order chi connectivity index (χ0) is 14.2. The van der Waals surface area contributed by atoms with Crippen LogP contribution in [0.15, 0.2) is 55.1 Å². The summed E-state index contributed by atoms with van der Waals surface area (Å²) in [5.41, 5.74) is 7.79. The molecular formula is C15H11N5S. The van der Waals surface area contributed by atoms with E-state index in [2.05, 4.69) is 39.3 Å². The van der Waals surface area contributed by atoms with E-state index in [-0.39, 0.29) is 0 Å². The van der Waals surface area contributed by atoms with E-state index < -0.39 is 0 Å². The number of rotatable bonds is 2. The molecule has 4 rings (SSSR count). The second-order valence-electron chi connectivity index (χ2n) is 4.57. The number of hydrogen-bond donors (Lipinski definition) is 1. The van der Waals surface area contributed by atoms with Crippen LogP contribution in [0.1, 0.15) is 0 Å². The molecule has 2 N–H and O–H groups in total. The number of hydrogen-bond acceptors (Lipinski definition) is 5. The summed E-state index contributed by atoms with van der Waals surface area (Å²) >= 11 is 1.40. The van der Waals surface area contributed by atoms with Crippen molar-refractivity contribution in [3.05, 3.63) is 55.1 Å². The monoisotopic (exact) mass is 293 g/mol. The second kappa shape index (κ2) is 4.68. The van der Waals surface area contributed by atoms with Crippen LogP contribution in [0.3, 0.4) is 0 Å². The lowest BCUT2D eigenvalue weighted by atomic mass is 10.0. The first-order valence-corrected chi connectivity index (χ1v) is 7.24. The van der Waals surface area contributed by atoms with Crippen LogP contribution in [-0.2, 0) is 0 Å². The Hall–Kier alpha value is -2.73. The Morgan fingerprint density at radius 2 is 1.90 bits per heavy atom. The Morgan fingerprint density at radius 1 is 1.05 bits per heavy atom. The van der Waals surface area contributed by atoms with E-state index in [0.717, 1.165) is 21.6 Å². The quantitative estimate of drug-likeness (QED) is 0.616. The molecule has 0 unspecified atom stereocenters. The summed E-state index contributed by atoms with van der Waals surface area (Å²) in [6.45, 7) is 0. The van der Waals surface area contributed by atoms with Gasteiger partial charge in [-0.05, 0) is 10.8 Å². The largest absolute Gasteiger partial charge is 0.375 e. The number of thiazole rings is 1. The molecule has 2 aromatic carbocycles. The molecule has 0 fully saturated rings. The number of nitrogens with zero attached hydrogens (tertiary/aromatic N) is 4. The molecule has 102 valence electrons. The van der Waals surface area contributed by atoms with Gasteiger partial charge in [-0.2, -0.15) is 5.10 Å². The van der Waals surface area contributed by atoms with Crippen LogP contribution >= 0.6 is 11.3 Å². The Morgan fingerprint density at radius 3 is 2.76 bits per heavy atom. The average molecular weight is 293 g/mol. The zero-order valence-electron chi connectivity index (χ0n) is 11.0. The standard InChI is InChI=1S/C15H11N5S/c16-15-19-13(14(21-15)20-9-17-8-18-20)12-7-3-5-10-4-1-2-6-11(10)12/h1-9H,(H2,16,19). The minimum atomic E-state index is 0.517. The van der Waals surface area contributed by atoms with E-state index >= 15 is 0 Å². The average Bonchev–Trinajstić information content (AvgIpc) is 3.15. The molecule has 2 aromatic heterocycles. The SMILES string of the molecule is Nc1nc(-c2cccc3ccccc23)c(-n2cncn2)s1. The maximum atomic E-state index is 5.91. The van der Waals surface area contributed by atoms with Gasteiger partial charge in [0.25, 0.3) is 0 Å². The molecule has 0 radical (unpaired) electrons. The summed E-state index contributed by atoms with van der Waals surface area (Å²) in [6, 6.07) is 14.4. The van der Waals surface area contributed by atoms with Crippen molar-refractivity contribution in [2.75, 3.05) is 5.73 Å². The van der Waals surface area contributed by atoms with Crippen LogP contribution in [0.2, 0.25) is 0 Å². The molecule has 21 heavy (non-hydrogen) atoms. The number of nitrogen functional groups attached to an aromatic ring is 1. The van der Waals surface area contributed by atoms with Gasteiger partial charge < -0.3 is 5.73 Å². The third kappa shape index (κ3) is 1.96. The highest BCUT2D eigenvalue weighted by Gasteiger charge is 2.16. The Kier molecular flexibility index (Phi) is 2.68. The van der Waals surface area contributed by atoms with Gasteiger partial charge in [-0.25, -0.2) is 14.6 Å². The van der Waals surface area contributed by atoms with E-state index in [1.54, 1.807) is 11.0 Å². The van der Waals surface area contributed by atoms with E-state index in [9.17, 15) is 0 Å². The highest BCUT2D eigenvalue weighted by Crippen LogP contribution is 2.36. The topological polar surface area (TPSA) is 69.6 Å². The van der Waals surface area contributed by atoms with Crippen molar-refractivity contribution < 1.29 is 0 Å². The highest BCUT2D eigenvalue weighted by molar-refractivity contribution is 7.18. The zero-order valence-corrected chi connectivity index (χ0v) is 11.8. The Balaban J connectivity index is 2.02. The van der Waals surface area contributed by atoms with Crippen LogP contribution in [0.5, 0.6) is 0 Å². The highest BCUT2D eigenvalue weighted by atomic mass is 32.1. The molecular weight excluding hydrogens is 282 g/mol. The lowest BCUT2D eigenvalue weighted by Crippen LogP contribution is -1.94. The molecule has 0 aliphatic carbocycles. The maximum absolute atomic E-state index is 5.91. The first-order chi connectivity index (χ1) is 10.3. The minimum Gasteiger partial charge on any atom is -0.375 e. The number of anilines is 1. The summed E-state index contributed by atoms with van der Waals surface area (Å²) in [6.07, 6.45) is 3.16. The number of fused-ring (bicyclic) bond motifs is 1. The summed E-state index contributed by atoms with van der Waals surface area (Å²) in [5.74, 6) is 0. The Labute approximate surface area is 124 Å². The van der Waals surface area contributed by atoms with Gasteiger partial charge in [-0.1, -0.05) is 53.8 Å².